The standard InChI is InChI=1S/C22H31N5O2S/c1-16(2)29-18-6-7-20-19(15-18)22(25-24-20)17-8-9-23-21(14-17)26-10-5-11-27(13-12-26)30(3,4)28/h6-9,14-16,28H,5,10-13H2,1-4H3,(H,24,25). The molecule has 1 aliphatic rings. The maximum atomic E-state index is 10.4. The highest BCUT2D eigenvalue weighted by Gasteiger charge is 2.23. The third-order valence-electron chi connectivity index (χ3n) is 5.34. The smallest absolute Gasteiger partial charge is 0.129 e. The first-order valence-electron chi connectivity index (χ1n) is 10.4. The topological polar surface area (TPSA) is 77.5 Å². The van der Waals surface area contributed by atoms with Crippen LogP contribution in [0.5, 0.6) is 5.75 Å². The predicted octanol–water partition coefficient (Wildman–Crippen LogP) is 4.38. The van der Waals surface area contributed by atoms with E-state index in [0.717, 1.165) is 66.3 Å². The van der Waals surface area contributed by atoms with Gasteiger partial charge in [-0.1, -0.05) is 10.5 Å². The molecule has 0 amide bonds. The molecule has 4 rings (SSSR count). The van der Waals surface area contributed by atoms with Crippen LogP contribution in [0.25, 0.3) is 22.2 Å². The molecule has 7 nitrogen and oxygen atoms in total. The number of ether oxygens (including phenoxy) is 1. The van der Waals surface area contributed by atoms with Gasteiger partial charge in [0.2, 0.25) is 0 Å². The van der Waals surface area contributed by atoms with Crippen molar-refractivity contribution in [2.75, 3.05) is 43.6 Å². The number of benzene rings is 1. The third-order valence-corrected chi connectivity index (χ3v) is 6.96. The van der Waals surface area contributed by atoms with E-state index >= 15 is 0 Å². The zero-order valence-corrected chi connectivity index (χ0v) is 18.9. The number of nitrogens with zero attached hydrogens (tertiary/aromatic N) is 4. The molecule has 0 bridgehead atoms. The van der Waals surface area contributed by atoms with Gasteiger partial charge in [0, 0.05) is 43.3 Å². The summed E-state index contributed by atoms with van der Waals surface area (Å²) in [5, 5.41) is 8.74. The van der Waals surface area contributed by atoms with E-state index in [9.17, 15) is 4.55 Å². The number of pyridine rings is 1. The fourth-order valence-electron chi connectivity index (χ4n) is 3.87. The minimum absolute atomic E-state index is 0.124. The monoisotopic (exact) mass is 429 g/mol. The average molecular weight is 430 g/mol. The van der Waals surface area contributed by atoms with E-state index in [0.29, 0.717) is 0 Å². The van der Waals surface area contributed by atoms with Gasteiger partial charge in [-0.25, -0.2) is 9.29 Å². The van der Waals surface area contributed by atoms with Gasteiger partial charge in [0.05, 0.1) is 11.6 Å². The second kappa shape index (κ2) is 8.45. The highest BCUT2D eigenvalue weighted by atomic mass is 32.3. The van der Waals surface area contributed by atoms with Crippen molar-refractivity contribution in [3.8, 4) is 17.0 Å². The first-order chi connectivity index (χ1) is 14.3. The fraction of sp³-hybridized carbons (Fsp3) is 0.455. The van der Waals surface area contributed by atoms with Crippen molar-refractivity contribution in [3.05, 3.63) is 36.5 Å². The molecule has 1 fully saturated rings. The van der Waals surface area contributed by atoms with Gasteiger partial charge in [0.25, 0.3) is 0 Å². The van der Waals surface area contributed by atoms with Crippen LogP contribution in [0.3, 0.4) is 0 Å². The molecular weight excluding hydrogens is 398 g/mol. The van der Waals surface area contributed by atoms with E-state index < -0.39 is 10.5 Å². The number of hydrogen-bond acceptors (Lipinski definition) is 6. The SMILES string of the molecule is CC(C)Oc1ccc2[nH]nc(-c3ccnc(N4CCCN(S(C)(C)O)CC4)c3)c2c1. The lowest BCUT2D eigenvalue weighted by atomic mass is 10.1. The minimum atomic E-state index is -1.68. The molecular formula is C22H31N5O2S. The van der Waals surface area contributed by atoms with Crippen molar-refractivity contribution < 1.29 is 9.29 Å². The van der Waals surface area contributed by atoms with E-state index in [1.807, 2.05) is 56.8 Å². The van der Waals surface area contributed by atoms with Crippen LogP contribution in [0.1, 0.15) is 20.3 Å². The molecule has 0 atom stereocenters. The molecule has 162 valence electrons. The van der Waals surface area contributed by atoms with Gasteiger partial charge >= 0.3 is 0 Å². The molecule has 2 N–H and O–H groups in total. The summed E-state index contributed by atoms with van der Waals surface area (Å²) in [5.74, 6) is 1.79. The normalized spacial score (nSPS) is 16.8. The first kappa shape index (κ1) is 21.0. The number of nitrogens with one attached hydrogen (secondary N) is 1. The van der Waals surface area contributed by atoms with Crippen molar-refractivity contribution in [1.82, 2.24) is 19.5 Å². The summed E-state index contributed by atoms with van der Waals surface area (Å²) >= 11 is 0. The maximum Gasteiger partial charge on any atom is 0.129 e. The average Bonchev–Trinajstić information content (AvgIpc) is 2.93. The van der Waals surface area contributed by atoms with Gasteiger partial charge in [0.15, 0.2) is 0 Å². The second-order valence-electron chi connectivity index (χ2n) is 8.34. The number of fused-ring (bicyclic) bond motifs is 1. The number of aromatic nitrogens is 3. The Labute approximate surface area is 179 Å². The number of rotatable bonds is 5. The summed E-state index contributed by atoms with van der Waals surface area (Å²) in [6.45, 7) is 7.58. The summed E-state index contributed by atoms with van der Waals surface area (Å²) in [7, 11) is -1.68. The van der Waals surface area contributed by atoms with E-state index in [-0.39, 0.29) is 6.10 Å². The Hall–Kier alpha value is -2.29. The Morgan fingerprint density at radius 3 is 2.70 bits per heavy atom. The first-order valence-corrected chi connectivity index (χ1v) is 12.7. The van der Waals surface area contributed by atoms with Gasteiger partial charge in [-0.3, -0.25) is 5.10 Å². The van der Waals surface area contributed by atoms with E-state index in [4.69, 9.17) is 4.74 Å². The Kier molecular flexibility index (Phi) is 5.90. The predicted molar refractivity (Wildman–Crippen MR) is 126 cm³/mol. The number of aromatic amines is 1. The largest absolute Gasteiger partial charge is 0.491 e. The molecule has 0 saturated carbocycles. The highest BCUT2D eigenvalue weighted by molar-refractivity contribution is 8.26. The zero-order chi connectivity index (χ0) is 21.3. The van der Waals surface area contributed by atoms with Crippen molar-refractivity contribution >= 4 is 27.2 Å². The van der Waals surface area contributed by atoms with Gasteiger partial charge < -0.3 is 14.2 Å². The molecule has 1 saturated heterocycles. The van der Waals surface area contributed by atoms with Gasteiger partial charge in [-0.05, 0) is 63.1 Å². The van der Waals surface area contributed by atoms with Gasteiger partial charge in [-0.15, -0.1) is 0 Å². The molecule has 30 heavy (non-hydrogen) atoms. The van der Waals surface area contributed by atoms with Crippen molar-refractivity contribution in [3.63, 3.8) is 0 Å². The van der Waals surface area contributed by atoms with Gasteiger partial charge in [0.1, 0.15) is 17.3 Å². The molecule has 0 spiro atoms. The molecule has 1 aliphatic heterocycles. The Bertz CT molecular complexity index is 1010. The van der Waals surface area contributed by atoms with E-state index in [1.54, 1.807) is 0 Å². The molecule has 3 heterocycles. The van der Waals surface area contributed by atoms with Crippen molar-refractivity contribution in [1.29, 1.82) is 0 Å². The fourth-order valence-corrected chi connectivity index (χ4v) is 4.97. The van der Waals surface area contributed by atoms with Crippen LogP contribution < -0.4 is 9.64 Å². The molecule has 0 aliphatic carbocycles. The summed E-state index contributed by atoms with van der Waals surface area (Å²) in [4.78, 5) is 6.93. The van der Waals surface area contributed by atoms with Crippen LogP contribution in [0, 0.1) is 0 Å². The van der Waals surface area contributed by atoms with Crippen LogP contribution in [0.2, 0.25) is 0 Å². The number of H-pyrrole nitrogens is 1. The van der Waals surface area contributed by atoms with Crippen molar-refractivity contribution in [2.45, 2.75) is 26.4 Å². The lowest BCUT2D eigenvalue weighted by Gasteiger charge is -2.37. The number of hydrogen-bond donors (Lipinski definition) is 2. The van der Waals surface area contributed by atoms with Crippen LogP contribution >= 0.6 is 10.5 Å². The minimum Gasteiger partial charge on any atom is -0.491 e. The summed E-state index contributed by atoms with van der Waals surface area (Å²) in [5.41, 5.74) is 2.92. The molecule has 1 aromatic carbocycles. The molecule has 0 radical (unpaired) electrons. The van der Waals surface area contributed by atoms with E-state index in [2.05, 4.69) is 30.5 Å². The van der Waals surface area contributed by atoms with Gasteiger partial charge in [-0.2, -0.15) is 5.10 Å². The summed E-state index contributed by atoms with van der Waals surface area (Å²) in [6.07, 6.45) is 6.84. The quantitative estimate of drug-likeness (QED) is 0.627. The van der Waals surface area contributed by atoms with E-state index in [1.165, 1.54) is 0 Å². The molecule has 2 aromatic heterocycles. The lowest BCUT2D eigenvalue weighted by Crippen LogP contribution is -2.32. The van der Waals surface area contributed by atoms with Crippen LogP contribution in [-0.2, 0) is 0 Å². The molecule has 8 heteroatoms. The zero-order valence-electron chi connectivity index (χ0n) is 18.1. The van der Waals surface area contributed by atoms with Crippen LogP contribution in [0.4, 0.5) is 5.82 Å². The van der Waals surface area contributed by atoms with Crippen LogP contribution in [0.15, 0.2) is 36.5 Å². The lowest BCUT2D eigenvalue weighted by molar-refractivity contribution is 0.243. The second-order valence-corrected chi connectivity index (χ2v) is 11.3. The highest BCUT2D eigenvalue weighted by Crippen LogP contribution is 2.40. The Balaban J connectivity index is 1.61. The molecule has 3 aromatic rings. The third kappa shape index (κ3) is 4.55. The number of anilines is 1. The summed E-state index contributed by atoms with van der Waals surface area (Å²) in [6, 6.07) is 10.1. The Morgan fingerprint density at radius 2 is 1.93 bits per heavy atom. The summed E-state index contributed by atoms with van der Waals surface area (Å²) < 4.78 is 18.5. The van der Waals surface area contributed by atoms with Crippen LogP contribution in [-0.4, -0.2) is 68.8 Å². The molecule has 0 unspecified atom stereocenters. The van der Waals surface area contributed by atoms with Crippen molar-refractivity contribution in [2.24, 2.45) is 0 Å². The Morgan fingerprint density at radius 1 is 1.10 bits per heavy atom. The maximum absolute atomic E-state index is 10.4.